The van der Waals surface area contributed by atoms with Crippen molar-refractivity contribution in [2.24, 2.45) is 0 Å². The molecule has 27 heavy (non-hydrogen) atoms. The van der Waals surface area contributed by atoms with E-state index in [1.165, 1.54) is 24.5 Å². The fourth-order valence-electron chi connectivity index (χ4n) is 2.86. The molecule has 2 aromatic heterocycles. The van der Waals surface area contributed by atoms with Gasteiger partial charge in [-0.15, -0.1) is 11.3 Å². The molecule has 3 heterocycles. The summed E-state index contributed by atoms with van der Waals surface area (Å²) in [6.07, 6.45) is 0.737. The molecule has 0 fully saturated rings. The van der Waals surface area contributed by atoms with Crippen molar-refractivity contribution in [1.82, 2.24) is 10.3 Å². The number of nitrogens with one attached hydrogen (secondary N) is 1. The van der Waals surface area contributed by atoms with Gasteiger partial charge in [0.15, 0.2) is 6.10 Å². The van der Waals surface area contributed by atoms with Gasteiger partial charge in [-0.2, -0.15) is 0 Å². The predicted octanol–water partition coefficient (Wildman–Crippen LogP) is 2.83. The van der Waals surface area contributed by atoms with Crippen LogP contribution in [0.15, 0.2) is 52.5 Å². The average molecular weight is 383 g/mol. The van der Waals surface area contributed by atoms with Crippen molar-refractivity contribution in [3.8, 4) is 16.5 Å². The number of carbonyl (C=O) groups is 2. The van der Waals surface area contributed by atoms with Crippen molar-refractivity contribution >= 4 is 28.8 Å². The van der Waals surface area contributed by atoms with Crippen LogP contribution >= 0.6 is 11.3 Å². The highest BCUT2D eigenvalue weighted by Crippen LogP contribution is 2.33. The Morgan fingerprint density at radius 1 is 1.30 bits per heavy atom. The standard InChI is InChI=1S/C19H17N3O4S/c1-12(23)22-10-16(26-15-6-3-2-5-14(15)22)18(24)20-9-13-11-25-19(21-13)17-7-4-8-27-17/h2-8,11,16H,9-10H2,1H3,(H,20,24)/t16-/m1/s1. The Kier molecular flexibility index (Phi) is 4.64. The van der Waals surface area contributed by atoms with Crippen LogP contribution in [0.2, 0.25) is 0 Å². The van der Waals surface area contributed by atoms with Gasteiger partial charge in [0.25, 0.3) is 5.91 Å². The molecule has 0 bridgehead atoms. The smallest absolute Gasteiger partial charge is 0.263 e. The van der Waals surface area contributed by atoms with Gasteiger partial charge in [-0.1, -0.05) is 18.2 Å². The quantitative estimate of drug-likeness (QED) is 0.749. The summed E-state index contributed by atoms with van der Waals surface area (Å²) in [5.74, 6) is 0.595. The summed E-state index contributed by atoms with van der Waals surface area (Å²) in [7, 11) is 0. The van der Waals surface area contributed by atoms with Gasteiger partial charge in [-0.3, -0.25) is 9.59 Å². The number of amides is 2. The number of para-hydroxylation sites is 2. The molecule has 1 aliphatic heterocycles. The topological polar surface area (TPSA) is 84.7 Å². The maximum absolute atomic E-state index is 12.6. The average Bonchev–Trinajstić information content (AvgIpc) is 3.36. The number of hydrogen-bond acceptors (Lipinski definition) is 6. The molecule has 7 nitrogen and oxygen atoms in total. The maximum Gasteiger partial charge on any atom is 0.263 e. The van der Waals surface area contributed by atoms with E-state index in [9.17, 15) is 9.59 Å². The lowest BCUT2D eigenvalue weighted by atomic mass is 10.1. The molecule has 3 aromatic rings. The SMILES string of the molecule is CC(=O)N1C[C@H](C(=O)NCc2coc(-c3cccs3)n2)Oc2ccccc21. The third kappa shape index (κ3) is 3.56. The van der Waals surface area contributed by atoms with E-state index < -0.39 is 6.10 Å². The van der Waals surface area contributed by atoms with E-state index in [1.807, 2.05) is 23.6 Å². The van der Waals surface area contributed by atoms with Crippen LogP contribution < -0.4 is 15.0 Å². The zero-order valence-corrected chi connectivity index (χ0v) is 15.4. The molecule has 1 aromatic carbocycles. The van der Waals surface area contributed by atoms with Gasteiger partial charge in [0, 0.05) is 6.92 Å². The van der Waals surface area contributed by atoms with E-state index in [-0.39, 0.29) is 24.9 Å². The summed E-state index contributed by atoms with van der Waals surface area (Å²) < 4.78 is 11.2. The van der Waals surface area contributed by atoms with Crippen LogP contribution in [0.3, 0.4) is 0 Å². The van der Waals surface area contributed by atoms with E-state index in [0.29, 0.717) is 23.0 Å². The zero-order chi connectivity index (χ0) is 18.8. The Hall–Kier alpha value is -3.13. The van der Waals surface area contributed by atoms with Gasteiger partial charge in [0.2, 0.25) is 11.8 Å². The number of benzene rings is 1. The Balaban J connectivity index is 1.42. The van der Waals surface area contributed by atoms with Gasteiger partial charge in [0.05, 0.1) is 29.3 Å². The molecule has 0 radical (unpaired) electrons. The first-order chi connectivity index (χ1) is 13.1. The summed E-state index contributed by atoms with van der Waals surface area (Å²) in [5, 5.41) is 4.74. The molecule has 0 aliphatic carbocycles. The highest BCUT2D eigenvalue weighted by Gasteiger charge is 2.32. The molecule has 0 saturated heterocycles. The summed E-state index contributed by atoms with van der Waals surface area (Å²) in [4.78, 5) is 31.3. The number of fused-ring (bicyclic) bond motifs is 1. The first kappa shape index (κ1) is 17.3. The molecule has 2 amide bonds. The lowest BCUT2D eigenvalue weighted by Crippen LogP contribution is -2.50. The largest absolute Gasteiger partial charge is 0.477 e. The number of ether oxygens (including phenoxy) is 1. The third-order valence-corrected chi connectivity index (χ3v) is 5.03. The molecule has 1 atom stereocenters. The molecular formula is C19H17N3O4S. The van der Waals surface area contributed by atoms with E-state index in [4.69, 9.17) is 9.15 Å². The number of nitrogens with zero attached hydrogens (tertiary/aromatic N) is 2. The number of hydrogen-bond donors (Lipinski definition) is 1. The molecule has 4 rings (SSSR count). The number of rotatable bonds is 4. The fraction of sp³-hybridized carbons (Fsp3) is 0.211. The van der Waals surface area contributed by atoms with E-state index in [0.717, 1.165) is 4.88 Å². The van der Waals surface area contributed by atoms with E-state index in [2.05, 4.69) is 10.3 Å². The van der Waals surface area contributed by atoms with Crippen LogP contribution in [0, 0.1) is 0 Å². The number of aromatic nitrogens is 1. The molecule has 1 aliphatic rings. The molecule has 138 valence electrons. The summed E-state index contributed by atoms with van der Waals surface area (Å²) in [6.45, 7) is 1.85. The highest BCUT2D eigenvalue weighted by molar-refractivity contribution is 7.13. The van der Waals surface area contributed by atoms with Gasteiger partial charge in [-0.05, 0) is 23.6 Å². The Bertz CT molecular complexity index is 967. The fourth-order valence-corrected chi connectivity index (χ4v) is 3.52. The zero-order valence-electron chi connectivity index (χ0n) is 14.5. The van der Waals surface area contributed by atoms with Crippen molar-refractivity contribution in [1.29, 1.82) is 0 Å². The number of anilines is 1. The minimum absolute atomic E-state index is 0.138. The summed E-state index contributed by atoms with van der Waals surface area (Å²) >= 11 is 1.53. The van der Waals surface area contributed by atoms with E-state index in [1.54, 1.807) is 23.1 Å². The molecular weight excluding hydrogens is 366 g/mol. The number of carbonyl (C=O) groups excluding carboxylic acids is 2. The van der Waals surface area contributed by atoms with E-state index >= 15 is 0 Å². The number of thiophene rings is 1. The van der Waals surface area contributed by atoms with Gasteiger partial charge < -0.3 is 19.4 Å². The Labute approximate surface area is 159 Å². The van der Waals surface area contributed by atoms with Crippen molar-refractivity contribution < 1.29 is 18.7 Å². The first-order valence-corrected chi connectivity index (χ1v) is 9.29. The van der Waals surface area contributed by atoms with Crippen LogP contribution in [0.25, 0.3) is 10.8 Å². The van der Waals surface area contributed by atoms with Gasteiger partial charge >= 0.3 is 0 Å². The summed E-state index contributed by atoms with van der Waals surface area (Å²) in [5.41, 5.74) is 1.29. The van der Waals surface area contributed by atoms with Crippen molar-refractivity contribution in [3.63, 3.8) is 0 Å². The lowest BCUT2D eigenvalue weighted by molar-refractivity contribution is -0.128. The molecule has 8 heteroatoms. The molecule has 1 N–H and O–H groups in total. The minimum Gasteiger partial charge on any atom is -0.477 e. The van der Waals surface area contributed by atoms with Crippen LogP contribution in [0.4, 0.5) is 5.69 Å². The van der Waals surface area contributed by atoms with Crippen molar-refractivity contribution in [3.05, 3.63) is 53.7 Å². The van der Waals surface area contributed by atoms with Crippen LogP contribution in [-0.4, -0.2) is 29.4 Å². The lowest BCUT2D eigenvalue weighted by Gasteiger charge is -2.33. The maximum atomic E-state index is 12.6. The molecule has 0 unspecified atom stereocenters. The van der Waals surface area contributed by atoms with Crippen molar-refractivity contribution in [2.45, 2.75) is 19.6 Å². The Morgan fingerprint density at radius 3 is 2.93 bits per heavy atom. The first-order valence-electron chi connectivity index (χ1n) is 8.41. The minimum atomic E-state index is -0.785. The highest BCUT2D eigenvalue weighted by atomic mass is 32.1. The van der Waals surface area contributed by atoms with Gasteiger partial charge in [0.1, 0.15) is 12.0 Å². The second kappa shape index (κ2) is 7.24. The van der Waals surface area contributed by atoms with Crippen molar-refractivity contribution in [2.75, 3.05) is 11.4 Å². The summed E-state index contributed by atoms with van der Waals surface area (Å²) in [6, 6.07) is 11.0. The second-order valence-corrected chi connectivity index (χ2v) is 6.99. The van der Waals surface area contributed by atoms with Gasteiger partial charge in [-0.25, -0.2) is 4.98 Å². The Morgan fingerprint density at radius 2 is 2.15 bits per heavy atom. The monoisotopic (exact) mass is 383 g/mol. The number of oxazole rings is 1. The molecule has 0 saturated carbocycles. The normalized spacial score (nSPS) is 15.7. The molecule has 0 spiro atoms. The third-order valence-electron chi connectivity index (χ3n) is 4.17. The van der Waals surface area contributed by atoms with Crippen LogP contribution in [-0.2, 0) is 16.1 Å². The second-order valence-electron chi connectivity index (χ2n) is 6.04. The van der Waals surface area contributed by atoms with Crippen LogP contribution in [0.1, 0.15) is 12.6 Å². The van der Waals surface area contributed by atoms with Crippen LogP contribution in [0.5, 0.6) is 5.75 Å². The predicted molar refractivity (Wildman–Crippen MR) is 101 cm³/mol.